The minimum atomic E-state index is -1.20. The lowest BCUT2D eigenvalue weighted by molar-refractivity contribution is -0.686. The number of carboxylic acid groups (broad SMARTS) is 1. The van der Waals surface area contributed by atoms with Gasteiger partial charge in [-0.15, -0.1) is 0 Å². The number of nitrogens with two attached hydrogens (primary N) is 1. The SMILES string of the molecule is Cc1ccc(NC(=O)C[C@H]([NH2+]CC(C)C)C(=O)[O-])cc1. The van der Waals surface area contributed by atoms with Gasteiger partial charge < -0.3 is 20.5 Å². The van der Waals surface area contributed by atoms with Crippen molar-refractivity contribution in [1.82, 2.24) is 0 Å². The molecule has 110 valence electrons. The van der Waals surface area contributed by atoms with Crippen molar-refractivity contribution in [3.8, 4) is 0 Å². The summed E-state index contributed by atoms with van der Waals surface area (Å²) in [4.78, 5) is 22.9. The Labute approximate surface area is 119 Å². The molecule has 0 aromatic heterocycles. The summed E-state index contributed by atoms with van der Waals surface area (Å²) in [6, 6.07) is 6.51. The van der Waals surface area contributed by atoms with E-state index in [4.69, 9.17) is 0 Å². The molecule has 0 radical (unpaired) electrons. The standard InChI is InChI=1S/C15H22N2O3/c1-10(2)9-16-13(15(19)20)8-14(18)17-12-6-4-11(3)5-7-12/h4-7,10,13,16H,8-9H2,1-3H3,(H,17,18)(H,19,20)/t13-/m0/s1. The molecule has 1 aromatic rings. The lowest BCUT2D eigenvalue weighted by atomic mass is 10.1. The molecule has 1 amide bonds. The Balaban J connectivity index is 2.53. The van der Waals surface area contributed by atoms with Crippen molar-refractivity contribution in [2.75, 3.05) is 11.9 Å². The topological polar surface area (TPSA) is 85.8 Å². The molecule has 0 saturated carbocycles. The number of quaternary nitrogens is 1. The molecule has 1 atom stereocenters. The second-order valence-electron chi connectivity index (χ2n) is 5.41. The van der Waals surface area contributed by atoms with Crippen LogP contribution in [0.3, 0.4) is 0 Å². The van der Waals surface area contributed by atoms with Gasteiger partial charge in [0, 0.05) is 11.6 Å². The van der Waals surface area contributed by atoms with Gasteiger partial charge in [-0.25, -0.2) is 0 Å². The van der Waals surface area contributed by atoms with Crippen molar-refractivity contribution < 1.29 is 20.0 Å². The van der Waals surface area contributed by atoms with E-state index in [9.17, 15) is 14.7 Å². The molecule has 0 unspecified atom stereocenters. The Hall–Kier alpha value is -1.88. The van der Waals surface area contributed by atoms with Crippen molar-refractivity contribution in [1.29, 1.82) is 0 Å². The van der Waals surface area contributed by atoms with Gasteiger partial charge in [0.2, 0.25) is 5.91 Å². The van der Waals surface area contributed by atoms with E-state index in [0.29, 0.717) is 18.2 Å². The van der Waals surface area contributed by atoms with Crippen LogP contribution in [0.25, 0.3) is 0 Å². The van der Waals surface area contributed by atoms with E-state index in [0.717, 1.165) is 5.56 Å². The fraction of sp³-hybridized carbons (Fsp3) is 0.467. The normalized spacial score (nSPS) is 12.2. The third kappa shape index (κ3) is 5.84. The summed E-state index contributed by atoms with van der Waals surface area (Å²) in [6.45, 7) is 6.60. The molecule has 5 heteroatoms. The molecular weight excluding hydrogens is 256 g/mol. The summed E-state index contributed by atoms with van der Waals surface area (Å²) in [5, 5.41) is 15.4. The minimum Gasteiger partial charge on any atom is -0.544 e. The number of aryl methyl sites for hydroxylation is 1. The fourth-order valence-corrected chi connectivity index (χ4v) is 1.75. The van der Waals surface area contributed by atoms with Gasteiger partial charge >= 0.3 is 0 Å². The van der Waals surface area contributed by atoms with Crippen LogP contribution in [0.15, 0.2) is 24.3 Å². The quantitative estimate of drug-likeness (QED) is 0.715. The van der Waals surface area contributed by atoms with Crippen LogP contribution in [0, 0.1) is 12.8 Å². The number of anilines is 1. The zero-order valence-electron chi connectivity index (χ0n) is 12.2. The van der Waals surface area contributed by atoms with Crippen LogP contribution in [-0.2, 0) is 9.59 Å². The van der Waals surface area contributed by atoms with Gasteiger partial charge in [0.05, 0.1) is 18.9 Å². The van der Waals surface area contributed by atoms with Crippen LogP contribution in [0.1, 0.15) is 25.8 Å². The Morgan fingerprint density at radius 3 is 2.35 bits per heavy atom. The lowest BCUT2D eigenvalue weighted by Gasteiger charge is -2.17. The van der Waals surface area contributed by atoms with E-state index in [-0.39, 0.29) is 12.3 Å². The summed E-state index contributed by atoms with van der Waals surface area (Å²) in [6.07, 6.45) is -0.0943. The Morgan fingerprint density at radius 1 is 1.25 bits per heavy atom. The first-order valence-electron chi connectivity index (χ1n) is 6.79. The molecule has 0 aliphatic rings. The van der Waals surface area contributed by atoms with Crippen LogP contribution >= 0.6 is 0 Å². The predicted octanol–water partition coefficient (Wildman–Crippen LogP) is -0.338. The third-order valence-electron chi connectivity index (χ3n) is 2.94. The molecule has 0 aliphatic heterocycles. The highest BCUT2D eigenvalue weighted by Gasteiger charge is 2.18. The van der Waals surface area contributed by atoms with Crippen LogP contribution in [0.5, 0.6) is 0 Å². The third-order valence-corrected chi connectivity index (χ3v) is 2.94. The average molecular weight is 278 g/mol. The van der Waals surface area contributed by atoms with E-state index in [1.54, 1.807) is 17.4 Å². The molecule has 5 nitrogen and oxygen atoms in total. The van der Waals surface area contributed by atoms with E-state index >= 15 is 0 Å². The van der Waals surface area contributed by atoms with Crippen LogP contribution in [0.2, 0.25) is 0 Å². The van der Waals surface area contributed by atoms with E-state index in [1.165, 1.54) is 0 Å². The van der Waals surface area contributed by atoms with Crippen molar-refractivity contribution in [2.24, 2.45) is 5.92 Å². The molecule has 0 heterocycles. The second-order valence-corrected chi connectivity index (χ2v) is 5.41. The highest BCUT2D eigenvalue weighted by molar-refractivity contribution is 5.93. The first-order valence-corrected chi connectivity index (χ1v) is 6.79. The number of benzene rings is 1. The van der Waals surface area contributed by atoms with Gasteiger partial charge in [-0.2, -0.15) is 0 Å². The summed E-state index contributed by atoms with van der Waals surface area (Å²) >= 11 is 0. The van der Waals surface area contributed by atoms with Gasteiger partial charge in [0.15, 0.2) is 0 Å². The van der Waals surface area contributed by atoms with Crippen LogP contribution < -0.4 is 15.7 Å². The zero-order chi connectivity index (χ0) is 15.1. The summed E-state index contributed by atoms with van der Waals surface area (Å²) < 4.78 is 0. The van der Waals surface area contributed by atoms with E-state index < -0.39 is 12.0 Å². The van der Waals surface area contributed by atoms with Gasteiger partial charge in [-0.05, 0) is 19.1 Å². The average Bonchev–Trinajstić information content (AvgIpc) is 2.36. The highest BCUT2D eigenvalue weighted by Crippen LogP contribution is 2.08. The maximum Gasteiger partial charge on any atom is 0.230 e. The molecule has 0 bridgehead atoms. The van der Waals surface area contributed by atoms with Gasteiger partial charge in [0.1, 0.15) is 6.04 Å². The molecule has 0 saturated heterocycles. The number of carbonyl (C=O) groups is 2. The zero-order valence-corrected chi connectivity index (χ0v) is 12.2. The number of hydrogen-bond donors (Lipinski definition) is 2. The summed E-state index contributed by atoms with van der Waals surface area (Å²) in [5.74, 6) is -1.16. The number of nitrogens with one attached hydrogen (secondary N) is 1. The van der Waals surface area contributed by atoms with E-state index in [1.807, 2.05) is 32.9 Å². The van der Waals surface area contributed by atoms with Gasteiger partial charge in [-0.3, -0.25) is 4.79 Å². The number of amides is 1. The fourth-order valence-electron chi connectivity index (χ4n) is 1.75. The molecule has 0 fully saturated rings. The molecule has 0 spiro atoms. The van der Waals surface area contributed by atoms with Crippen molar-refractivity contribution in [3.05, 3.63) is 29.8 Å². The van der Waals surface area contributed by atoms with E-state index in [2.05, 4.69) is 5.32 Å². The largest absolute Gasteiger partial charge is 0.544 e. The predicted molar refractivity (Wildman–Crippen MR) is 74.9 cm³/mol. The first kappa shape index (κ1) is 16.2. The van der Waals surface area contributed by atoms with Crippen molar-refractivity contribution >= 4 is 17.6 Å². The number of hydrogen-bond acceptors (Lipinski definition) is 3. The summed E-state index contributed by atoms with van der Waals surface area (Å²) in [7, 11) is 0. The molecular formula is C15H22N2O3. The van der Waals surface area contributed by atoms with Crippen LogP contribution in [-0.4, -0.2) is 24.5 Å². The molecule has 1 rings (SSSR count). The van der Waals surface area contributed by atoms with Crippen LogP contribution in [0.4, 0.5) is 5.69 Å². The van der Waals surface area contributed by atoms with Gasteiger partial charge in [-0.1, -0.05) is 31.5 Å². The Morgan fingerprint density at radius 2 is 1.85 bits per heavy atom. The smallest absolute Gasteiger partial charge is 0.230 e. The maximum absolute atomic E-state index is 11.8. The number of carbonyl (C=O) groups excluding carboxylic acids is 2. The highest BCUT2D eigenvalue weighted by atomic mass is 16.4. The molecule has 0 aliphatic carbocycles. The van der Waals surface area contributed by atoms with Crippen molar-refractivity contribution in [3.63, 3.8) is 0 Å². The molecule has 20 heavy (non-hydrogen) atoms. The lowest BCUT2D eigenvalue weighted by Crippen LogP contribution is -2.94. The first-order chi connectivity index (χ1) is 9.38. The number of aliphatic carboxylic acids is 1. The Bertz CT molecular complexity index is 455. The second kappa shape index (κ2) is 7.65. The molecule has 1 aromatic carbocycles. The van der Waals surface area contributed by atoms with Crippen molar-refractivity contribution in [2.45, 2.75) is 33.2 Å². The maximum atomic E-state index is 11.8. The number of carboxylic acids is 1. The minimum absolute atomic E-state index is 0.0943. The molecule has 3 N–H and O–H groups in total. The number of rotatable bonds is 7. The Kier molecular flexibility index (Phi) is 6.18. The van der Waals surface area contributed by atoms with Gasteiger partial charge in [0.25, 0.3) is 0 Å². The summed E-state index contributed by atoms with van der Waals surface area (Å²) in [5.41, 5.74) is 1.77. The monoisotopic (exact) mass is 278 g/mol.